The molecule has 0 atom stereocenters. The van der Waals surface area contributed by atoms with Gasteiger partial charge in [0.25, 0.3) is 0 Å². The number of hydrogen-bond acceptors (Lipinski definition) is 2. The van der Waals surface area contributed by atoms with Gasteiger partial charge < -0.3 is 10.2 Å². The average Bonchev–Trinajstić information content (AvgIpc) is 2.54. The van der Waals surface area contributed by atoms with Crippen LogP contribution in [0.1, 0.15) is 5.69 Å². The zero-order chi connectivity index (χ0) is 8.39. The number of pyridine rings is 1. The monoisotopic (exact) mass is 531 g/mol. The van der Waals surface area contributed by atoms with Crippen molar-refractivity contribution in [3.8, 4) is 11.4 Å². The number of aromatic nitrogens is 3. The molecule has 0 saturated heterocycles. The van der Waals surface area contributed by atoms with E-state index in [-0.39, 0.29) is 86.5 Å². The Balaban J connectivity index is 0. The van der Waals surface area contributed by atoms with Gasteiger partial charge in [0.1, 0.15) is 0 Å². The number of aryl methyl sites for hydroxylation is 1. The van der Waals surface area contributed by atoms with Crippen molar-refractivity contribution in [2.45, 2.75) is 6.92 Å². The summed E-state index contributed by atoms with van der Waals surface area (Å²) in [5, 5.41) is 7.88. The molecule has 0 aliphatic rings. The third-order valence-electron chi connectivity index (χ3n) is 1.59. The maximum atomic E-state index is 4.16. The second-order valence-electron chi connectivity index (χ2n) is 2.59. The molecule has 0 aliphatic carbocycles. The van der Waals surface area contributed by atoms with Crippen molar-refractivity contribution in [2.75, 3.05) is 0 Å². The van der Waals surface area contributed by atoms with E-state index in [1.54, 1.807) is 6.20 Å². The van der Waals surface area contributed by atoms with Crippen LogP contribution in [0.5, 0.6) is 0 Å². The van der Waals surface area contributed by atoms with Gasteiger partial charge in [-0.1, -0.05) is 17.8 Å². The van der Waals surface area contributed by atoms with Crippen LogP contribution in [0.15, 0.2) is 30.5 Å². The van der Waals surface area contributed by atoms with Crippen molar-refractivity contribution in [1.82, 2.24) is 15.2 Å². The number of rotatable bonds is 1. The molecule has 15 heavy (non-hydrogen) atoms. The topological polar surface area (TPSA) is 39.9 Å². The van der Waals surface area contributed by atoms with Crippen molar-refractivity contribution in [1.29, 1.82) is 0 Å². The van der Waals surface area contributed by atoms with Gasteiger partial charge >= 0.3 is 0 Å². The van der Waals surface area contributed by atoms with Gasteiger partial charge in [-0.05, 0) is 19.1 Å². The predicted molar refractivity (Wildman–Crippen MR) is 45.5 cm³/mol. The molecular formula is C9H8N3PtY2-. The van der Waals surface area contributed by atoms with E-state index in [1.807, 2.05) is 31.2 Å². The molecule has 0 aromatic carbocycles. The van der Waals surface area contributed by atoms with Crippen LogP contribution in [0.25, 0.3) is 11.4 Å². The molecule has 2 heterocycles. The van der Waals surface area contributed by atoms with E-state index in [9.17, 15) is 0 Å². The summed E-state index contributed by atoms with van der Waals surface area (Å²) in [5.41, 5.74) is 2.64. The number of nitrogens with zero attached hydrogens (tertiary/aromatic N) is 3. The summed E-state index contributed by atoms with van der Waals surface area (Å²) >= 11 is 0. The summed E-state index contributed by atoms with van der Waals surface area (Å²) in [6, 6.07) is 7.66. The first-order valence-corrected chi connectivity index (χ1v) is 3.75. The second-order valence-corrected chi connectivity index (χ2v) is 2.59. The summed E-state index contributed by atoms with van der Waals surface area (Å²) < 4.78 is 0. The minimum Gasteiger partial charge on any atom is -0.574 e. The molecule has 2 radical (unpaired) electrons. The summed E-state index contributed by atoms with van der Waals surface area (Å²) in [5.74, 6) is 0. The van der Waals surface area contributed by atoms with Crippen LogP contribution in [0.4, 0.5) is 0 Å². The zero-order valence-corrected chi connectivity index (χ0v) is 16.1. The fourth-order valence-corrected chi connectivity index (χ4v) is 1.03. The maximum Gasteiger partial charge on any atom is 0.0494 e. The normalized spacial score (nSPS) is 8.07. The Kier molecular flexibility index (Phi) is 11.5. The van der Waals surface area contributed by atoms with Gasteiger partial charge in [-0.15, -0.1) is 0 Å². The van der Waals surface area contributed by atoms with Crippen LogP contribution >= 0.6 is 0 Å². The van der Waals surface area contributed by atoms with Crippen LogP contribution < -0.4 is 5.10 Å². The molecule has 0 aliphatic heterocycles. The van der Waals surface area contributed by atoms with E-state index in [0.29, 0.717) is 0 Å². The largest absolute Gasteiger partial charge is 0.574 e. The Morgan fingerprint density at radius 3 is 2.40 bits per heavy atom. The summed E-state index contributed by atoms with van der Waals surface area (Å²) in [6.07, 6.45) is 1.75. The zero-order valence-electron chi connectivity index (χ0n) is 8.20. The molecule has 0 amide bonds. The number of hydrogen-bond donors (Lipinski definition) is 0. The molecule has 6 heteroatoms. The van der Waals surface area contributed by atoms with Crippen molar-refractivity contribution in [3.05, 3.63) is 36.2 Å². The summed E-state index contributed by atoms with van der Waals surface area (Å²) in [7, 11) is 0. The summed E-state index contributed by atoms with van der Waals surface area (Å²) in [4.78, 5) is 4.16. The van der Waals surface area contributed by atoms with Crippen LogP contribution in [0, 0.1) is 6.92 Å². The fourth-order valence-electron chi connectivity index (χ4n) is 1.03. The average molecular weight is 531 g/mol. The van der Waals surface area contributed by atoms with Crippen LogP contribution in [-0.2, 0) is 86.5 Å². The minimum atomic E-state index is 0. The Morgan fingerprint density at radius 2 is 1.93 bits per heavy atom. The van der Waals surface area contributed by atoms with Crippen LogP contribution in [-0.4, -0.2) is 10.1 Å². The van der Waals surface area contributed by atoms with Crippen molar-refractivity contribution in [2.24, 2.45) is 0 Å². The van der Waals surface area contributed by atoms with E-state index >= 15 is 0 Å². The van der Waals surface area contributed by atoms with Gasteiger partial charge in [-0.2, -0.15) is 0 Å². The quantitative estimate of drug-likeness (QED) is 0.560. The molecule has 0 unspecified atom stereocenters. The molecule has 76 valence electrons. The molecule has 2 aromatic rings. The first-order chi connectivity index (χ1) is 5.86. The van der Waals surface area contributed by atoms with E-state index in [4.69, 9.17) is 0 Å². The Morgan fingerprint density at radius 1 is 1.20 bits per heavy atom. The van der Waals surface area contributed by atoms with Gasteiger partial charge in [0.05, 0.1) is 0 Å². The van der Waals surface area contributed by atoms with Gasteiger partial charge in [-0.3, -0.25) is 4.98 Å². The summed E-state index contributed by atoms with van der Waals surface area (Å²) in [6.45, 7) is 1.92. The van der Waals surface area contributed by atoms with E-state index in [1.165, 1.54) is 0 Å². The van der Waals surface area contributed by atoms with E-state index < -0.39 is 0 Å². The SMILES string of the molecule is Cc1cc(-c2ccccn2)[n-]n1.[Pt].[Y].[Y]. The smallest absolute Gasteiger partial charge is 0.0494 e. The maximum absolute atomic E-state index is 4.16. The van der Waals surface area contributed by atoms with Crippen molar-refractivity contribution < 1.29 is 86.5 Å². The molecule has 0 N–H and O–H groups in total. The first-order valence-electron chi connectivity index (χ1n) is 3.75. The first kappa shape index (κ1) is 18.6. The molecule has 0 fully saturated rings. The Bertz CT molecular complexity index is 378. The van der Waals surface area contributed by atoms with Gasteiger partial charge in [0.15, 0.2) is 0 Å². The molecule has 0 bridgehead atoms. The third kappa shape index (κ3) is 5.41. The van der Waals surface area contributed by atoms with Gasteiger partial charge in [0, 0.05) is 104 Å². The standard InChI is InChI=1S/C9H8N3.Pt.2Y/c1-7-6-9(12-11-7)8-4-2-3-5-10-8;;;/h2-6H,1H3;;;/q-1;;;. The minimum absolute atomic E-state index is 0. The van der Waals surface area contributed by atoms with E-state index in [0.717, 1.165) is 17.1 Å². The second kappa shape index (κ2) is 9.30. The Labute approximate surface area is 154 Å². The van der Waals surface area contributed by atoms with Crippen molar-refractivity contribution in [3.63, 3.8) is 0 Å². The van der Waals surface area contributed by atoms with Gasteiger partial charge in [-0.25, -0.2) is 0 Å². The molecule has 2 rings (SSSR count). The van der Waals surface area contributed by atoms with Crippen molar-refractivity contribution >= 4 is 0 Å². The predicted octanol–water partition coefficient (Wildman–Crippen LogP) is 1.40. The van der Waals surface area contributed by atoms with Crippen LogP contribution in [0.3, 0.4) is 0 Å². The fraction of sp³-hybridized carbons (Fsp3) is 0.111. The molecule has 3 nitrogen and oxygen atoms in total. The molecule has 0 saturated carbocycles. The third-order valence-corrected chi connectivity index (χ3v) is 1.59. The molecule has 0 spiro atoms. The van der Waals surface area contributed by atoms with Gasteiger partial charge in [0.2, 0.25) is 0 Å². The molecular weight excluding hydrogens is 523 g/mol. The van der Waals surface area contributed by atoms with Crippen LogP contribution in [0.2, 0.25) is 0 Å². The van der Waals surface area contributed by atoms with E-state index in [2.05, 4.69) is 15.2 Å². The molecule has 2 aromatic heterocycles. The Hall–Kier alpha value is 1.26.